The fourth-order valence-electron chi connectivity index (χ4n) is 6.57. The lowest BCUT2D eigenvalue weighted by molar-refractivity contribution is -0.132. The Labute approximate surface area is 223 Å². The molecule has 3 aromatic carbocycles. The molecule has 0 radical (unpaired) electrons. The topological polar surface area (TPSA) is 68.8 Å². The lowest BCUT2D eigenvalue weighted by Crippen LogP contribution is -2.54. The molecular weight excluding hydrogens is 474 g/mol. The zero-order valence-electron chi connectivity index (χ0n) is 21.9. The van der Waals surface area contributed by atoms with Crippen molar-refractivity contribution >= 4 is 16.8 Å². The van der Waals surface area contributed by atoms with Gasteiger partial charge in [-0.2, -0.15) is 0 Å². The van der Waals surface area contributed by atoms with Crippen LogP contribution in [-0.2, 0) is 23.2 Å². The maximum atomic E-state index is 13.2. The number of aromatic amines is 1. The van der Waals surface area contributed by atoms with Gasteiger partial charge < -0.3 is 19.7 Å². The Balaban J connectivity index is 1.34. The van der Waals surface area contributed by atoms with E-state index in [2.05, 4.69) is 46.3 Å². The van der Waals surface area contributed by atoms with Crippen LogP contribution in [0.1, 0.15) is 41.3 Å². The second-order valence-electron chi connectivity index (χ2n) is 10.7. The highest BCUT2D eigenvalue weighted by Crippen LogP contribution is 2.49. The fraction of sp³-hybridized carbons (Fsp3) is 0.344. The Morgan fingerprint density at radius 2 is 1.68 bits per heavy atom. The third-order valence-corrected chi connectivity index (χ3v) is 8.52. The monoisotopic (exact) mass is 509 g/mol. The van der Waals surface area contributed by atoms with Gasteiger partial charge in [-0.05, 0) is 41.7 Å². The number of nitrogens with zero attached hydrogens (tertiary/aromatic N) is 2. The van der Waals surface area contributed by atoms with Crippen LogP contribution in [0.15, 0.2) is 78.9 Å². The van der Waals surface area contributed by atoms with Crippen molar-refractivity contribution in [3.05, 3.63) is 101 Å². The molecule has 2 N–H and O–H groups in total. The number of methoxy groups -OCH3 is 1. The standard InChI is InChI=1S/C32H35N3O3/c1-38-25-12-13-26-27(19-25)33-31-28(21-36)35(20-24-10-6-3-7-11-24)22-32(30(26)31)14-16-34(17-15-32)29(37)18-23-8-4-2-5-9-23/h2-13,19,28,33,36H,14-18,20-22H2,1H3/t28-/m0/s1. The molecule has 1 spiro atoms. The number of hydrogen-bond donors (Lipinski definition) is 2. The van der Waals surface area contributed by atoms with E-state index in [0.29, 0.717) is 6.42 Å². The van der Waals surface area contributed by atoms with Gasteiger partial charge in [0.05, 0.1) is 26.2 Å². The summed E-state index contributed by atoms with van der Waals surface area (Å²) in [7, 11) is 1.69. The Bertz CT molecular complexity index is 1410. The molecule has 2 aliphatic heterocycles. The average molecular weight is 510 g/mol. The molecule has 6 heteroatoms. The second-order valence-corrected chi connectivity index (χ2v) is 10.7. The number of benzene rings is 3. The van der Waals surface area contributed by atoms with E-state index in [9.17, 15) is 9.90 Å². The molecule has 1 atom stereocenters. The molecule has 0 saturated carbocycles. The largest absolute Gasteiger partial charge is 0.497 e. The highest BCUT2D eigenvalue weighted by molar-refractivity contribution is 5.88. The SMILES string of the molecule is COc1ccc2c3c([nH]c2c1)[C@H](CO)N(Cc1ccccc1)CC31CCN(C(=O)Cc2ccccc2)CC1. The molecule has 0 bridgehead atoms. The first-order valence-electron chi connectivity index (χ1n) is 13.5. The van der Waals surface area contributed by atoms with Gasteiger partial charge in [-0.1, -0.05) is 60.7 Å². The number of amides is 1. The van der Waals surface area contributed by atoms with Crippen molar-refractivity contribution in [1.29, 1.82) is 0 Å². The molecule has 1 fully saturated rings. The fourth-order valence-corrected chi connectivity index (χ4v) is 6.57. The molecule has 38 heavy (non-hydrogen) atoms. The summed E-state index contributed by atoms with van der Waals surface area (Å²) in [4.78, 5) is 21.3. The molecule has 1 saturated heterocycles. The van der Waals surface area contributed by atoms with Gasteiger partial charge in [0.1, 0.15) is 5.75 Å². The summed E-state index contributed by atoms with van der Waals surface area (Å²) in [6.45, 7) is 3.12. The summed E-state index contributed by atoms with van der Waals surface area (Å²) < 4.78 is 5.51. The summed E-state index contributed by atoms with van der Waals surface area (Å²) in [6, 6.07) is 26.6. The number of likely N-dealkylation sites (tertiary alicyclic amines) is 1. The number of ether oxygens (including phenoxy) is 1. The number of carbonyl (C=O) groups is 1. The number of piperidine rings is 1. The lowest BCUT2D eigenvalue weighted by atomic mass is 9.68. The van der Waals surface area contributed by atoms with Crippen molar-refractivity contribution in [2.75, 3.05) is 33.4 Å². The molecule has 3 heterocycles. The van der Waals surface area contributed by atoms with E-state index >= 15 is 0 Å². The Morgan fingerprint density at radius 1 is 1.00 bits per heavy atom. The first-order valence-corrected chi connectivity index (χ1v) is 13.5. The van der Waals surface area contributed by atoms with Gasteiger partial charge in [-0.25, -0.2) is 0 Å². The molecule has 1 aromatic heterocycles. The summed E-state index contributed by atoms with van der Waals surface area (Å²) in [5, 5.41) is 11.8. The first-order chi connectivity index (χ1) is 18.6. The van der Waals surface area contributed by atoms with Crippen molar-refractivity contribution in [3.8, 4) is 5.75 Å². The molecule has 196 valence electrons. The van der Waals surface area contributed by atoms with E-state index in [4.69, 9.17) is 4.74 Å². The van der Waals surface area contributed by atoms with Gasteiger partial charge in [0.2, 0.25) is 5.91 Å². The highest BCUT2D eigenvalue weighted by atomic mass is 16.5. The van der Waals surface area contributed by atoms with Crippen LogP contribution in [0.3, 0.4) is 0 Å². The zero-order valence-corrected chi connectivity index (χ0v) is 21.9. The van der Waals surface area contributed by atoms with Crippen LogP contribution in [0.4, 0.5) is 0 Å². The van der Waals surface area contributed by atoms with Crippen molar-refractivity contribution in [2.24, 2.45) is 0 Å². The minimum atomic E-state index is -0.119. The van der Waals surface area contributed by atoms with Gasteiger partial charge in [-0.3, -0.25) is 9.69 Å². The van der Waals surface area contributed by atoms with Crippen molar-refractivity contribution < 1.29 is 14.6 Å². The van der Waals surface area contributed by atoms with Crippen molar-refractivity contribution in [3.63, 3.8) is 0 Å². The average Bonchev–Trinajstić information content (AvgIpc) is 3.34. The quantitative estimate of drug-likeness (QED) is 0.391. The molecule has 6 rings (SSSR count). The number of H-pyrrole nitrogens is 1. The Kier molecular flexibility index (Phi) is 6.68. The van der Waals surface area contributed by atoms with Gasteiger partial charge in [-0.15, -0.1) is 0 Å². The molecule has 6 nitrogen and oxygen atoms in total. The van der Waals surface area contributed by atoms with Crippen molar-refractivity contribution in [2.45, 2.75) is 37.3 Å². The van der Waals surface area contributed by atoms with Crippen LogP contribution in [0, 0.1) is 0 Å². The van der Waals surface area contributed by atoms with E-state index in [1.54, 1.807) is 7.11 Å². The molecular formula is C32H35N3O3. The van der Waals surface area contributed by atoms with Gasteiger partial charge in [0.25, 0.3) is 0 Å². The van der Waals surface area contributed by atoms with Crippen LogP contribution in [0.5, 0.6) is 5.75 Å². The Morgan fingerprint density at radius 3 is 2.34 bits per heavy atom. The third-order valence-electron chi connectivity index (χ3n) is 8.52. The van der Waals surface area contributed by atoms with E-state index in [1.807, 2.05) is 47.4 Å². The number of fused-ring (bicyclic) bond motifs is 4. The molecule has 2 aliphatic rings. The van der Waals surface area contributed by atoms with Gasteiger partial charge in [0.15, 0.2) is 0 Å². The maximum absolute atomic E-state index is 13.2. The van der Waals surface area contributed by atoms with Crippen LogP contribution in [-0.4, -0.2) is 59.1 Å². The molecule has 1 amide bonds. The first kappa shape index (κ1) is 24.7. The number of rotatable bonds is 6. The van der Waals surface area contributed by atoms with E-state index in [-0.39, 0.29) is 24.0 Å². The minimum Gasteiger partial charge on any atom is -0.497 e. The van der Waals surface area contributed by atoms with Gasteiger partial charge >= 0.3 is 0 Å². The predicted octanol–water partition coefficient (Wildman–Crippen LogP) is 4.83. The van der Waals surface area contributed by atoms with Crippen LogP contribution < -0.4 is 4.74 Å². The number of aliphatic hydroxyl groups excluding tert-OH is 1. The highest BCUT2D eigenvalue weighted by Gasteiger charge is 2.47. The normalized spacial score (nSPS) is 19.0. The number of carbonyl (C=O) groups excluding carboxylic acids is 1. The molecule has 0 unspecified atom stereocenters. The van der Waals surface area contributed by atoms with Crippen LogP contribution >= 0.6 is 0 Å². The van der Waals surface area contributed by atoms with E-state index < -0.39 is 0 Å². The zero-order chi connectivity index (χ0) is 26.1. The van der Waals surface area contributed by atoms with Crippen LogP contribution in [0.2, 0.25) is 0 Å². The predicted molar refractivity (Wildman–Crippen MR) is 149 cm³/mol. The number of hydrogen-bond acceptors (Lipinski definition) is 4. The summed E-state index contributed by atoms with van der Waals surface area (Å²) in [5.41, 5.74) is 5.64. The molecule has 0 aliphatic carbocycles. The number of nitrogens with one attached hydrogen (secondary N) is 1. The van der Waals surface area contributed by atoms with E-state index in [0.717, 1.165) is 61.5 Å². The smallest absolute Gasteiger partial charge is 0.226 e. The van der Waals surface area contributed by atoms with E-state index in [1.165, 1.54) is 16.5 Å². The molecule has 4 aromatic rings. The number of aromatic nitrogens is 1. The lowest BCUT2D eigenvalue weighted by Gasteiger charge is -2.50. The second kappa shape index (κ2) is 10.3. The minimum absolute atomic E-state index is 0.0432. The maximum Gasteiger partial charge on any atom is 0.226 e. The Hall–Kier alpha value is -3.61. The summed E-state index contributed by atoms with van der Waals surface area (Å²) in [6.07, 6.45) is 2.23. The van der Waals surface area contributed by atoms with Gasteiger partial charge in [0, 0.05) is 54.3 Å². The summed E-state index contributed by atoms with van der Waals surface area (Å²) >= 11 is 0. The summed E-state index contributed by atoms with van der Waals surface area (Å²) in [5.74, 6) is 1.01. The van der Waals surface area contributed by atoms with Crippen molar-refractivity contribution in [1.82, 2.24) is 14.8 Å². The third kappa shape index (κ3) is 4.48. The number of aliphatic hydroxyl groups is 1. The van der Waals surface area contributed by atoms with Crippen LogP contribution in [0.25, 0.3) is 10.9 Å².